The molecule has 0 unspecified atom stereocenters. The SMILES string of the molecule is COC(=O)CC(=O)c1c(F)cccc1Br. The van der Waals surface area contributed by atoms with Crippen molar-refractivity contribution in [2.75, 3.05) is 7.11 Å². The summed E-state index contributed by atoms with van der Waals surface area (Å²) in [6, 6.07) is 4.16. The molecule has 0 fully saturated rings. The van der Waals surface area contributed by atoms with Crippen LogP contribution in [0.2, 0.25) is 0 Å². The maximum atomic E-state index is 13.3. The predicted octanol–water partition coefficient (Wildman–Crippen LogP) is 2.33. The van der Waals surface area contributed by atoms with Crippen LogP contribution in [0.4, 0.5) is 4.39 Å². The van der Waals surface area contributed by atoms with Crippen LogP contribution in [0.5, 0.6) is 0 Å². The van der Waals surface area contributed by atoms with Crippen LogP contribution in [0.1, 0.15) is 16.8 Å². The molecule has 5 heteroatoms. The maximum absolute atomic E-state index is 13.3. The Hall–Kier alpha value is -1.23. The van der Waals surface area contributed by atoms with Crippen LogP contribution in [0.25, 0.3) is 0 Å². The van der Waals surface area contributed by atoms with Gasteiger partial charge in [0.2, 0.25) is 0 Å². The van der Waals surface area contributed by atoms with E-state index < -0.39 is 24.0 Å². The van der Waals surface area contributed by atoms with Crippen LogP contribution in [0.3, 0.4) is 0 Å². The monoisotopic (exact) mass is 274 g/mol. The number of hydrogen-bond donors (Lipinski definition) is 0. The van der Waals surface area contributed by atoms with Crippen molar-refractivity contribution in [3.05, 3.63) is 34.1 Å². The molecule has 0 atom stereocenters. The highest BCUT2D eigenvalue weighted by atomic mass is 79.9. The molecule has 1 aromatic rings. The van der Waals surface area contributed by atoms with Crippen molar-refractivity contribution < 1.29 is 18.7 Å². The Morgan fingerprint density at radius 1 is 1.47 bits per heavy atom. The van der Waals surface area contributed by atoms with Gasteiger partial charge in [-0.3, -0.25) is 9.59 Å². The van der Waals surface area contributed by atoms with Crippen molar-refractivity contribution in [2.45, 2.75) is 6.42 Å². The van der Waals surface area contributed by atoms with Crippen molar-refractivity contribution in [2.24, 2.45) is 0 Å². The highest BCUT2D eigenvalue weighted by Gasteiger charge is 2.18. The summed E-state index contributed by atoms with van der Waals surface area (Å²) in [4.78, 5) is 22.3. The number of benzene rings is 1. The standard InChI is InChI=1S/C10H8BrFO3/c1-15-9(14)5-8(13)10-6(11)3-2-4-7(10)12/h2-4H,5H2,1H3. The van der Waals surface area contributed by atoms with E-state index in [0.717, 1.165) is 6.07 Å². The van der Waals surface area contributed by atoms with Gasteiger partial charge < -0.3 is 4.74 Å². The van der Waals surface area contributed by atoms with Gasteiger partial charge in [0.25, 0.3) is 0 Å². The second kappa shape index (κ2) is 5.02. The Morgan fingerprint density at radius 2 is 2.13 bits per heavy atom. The van der Waals surface area contributed by atoms with Crippen molar-refractivity contribution in [1.82, 2.24) is 0 Å². The highest BCUT2D eigenvalue weighted by molar-refractivity contribution is 9.10. The van der Waals surface area contributed by atoms with Crippen molar-refractivity contribution in [3.63, 3.8) is 0 Å². The van der Waals surface area contributed by atoms with E-state index in [1.807, 2.05) is 0 Å². The molecular weight excluding hydrogens is 267 g/mol. The summed E-state index contributed by atoms with van der Waals surface area (Å²) >= 11 is 3.05. The number of rotatable bonds is 3. The number of methoxy groups -OCH3 is 1. The smallest absolute Gasteiger partial charge is 0.313 e. The quantitative estimate of drug-likeness (QED) is 0.483. The average molecular weight is 275 g/mol. The molecule has 0 aliphatic carbocycles. The number of carbonyl (C=O) groups excluding carboxylic acids is 2. The topological polar surface area (TPSA) is 43.4 Å². The lowest BCUT2D eigenvalue weighted by Gasteiger charge is -2.03. The summed E-state index contributed by atoms with van der Waals surface area (Å²) in [7, 11) is 1.17. The molecule has 1 aromatic carbocycles. The van der Waals surface area contributed by atoms with Crippen LogP contribution in [0, 0.1) is 5.82 Å². The molecule has 0 saturated carbocycles. The Bertz CT molecular complexity index is 383. The van der Waals surface area contributed by atoms with Gasteiger partial charge in [-0.05, 0) is 28.1 Å². The average Bonchev–Trinajstić information content (AvgIpc) is 2.17. The molecule has 0 aliphatic heterocycles. The van der Waals surface area contributed by atoms with E-state index in [1.165, 1.54) is 19.2 Å². The Morgan fingerprint density at radius 3 is 2.67 bits per heavy atom. The Balaban J connectivity index is 2.96. The van der Waals surface area contributed by atoms with Crippen LogP contribution >= 0.6 is 15.9 Å². The number of carbonyl (C=O) groups is 2. The first kappa shape index (κ1) is 11.8. The minimum atomic E-state index is -0.685. The van der Waals surface area contributed by atoms with Gasteiger partial charge in [-0.2, -0.15) is 0 Å². The van der Waals surface area contributed by atoms with E-state index in [-0.39, 0.29) is 5.56 Å². The molecule has 0 aromatic heterocycles. The molecule has 0 heterocycles. The molecule has 1 rings (SSSR count). The first-order valence-corrected chi connectivity index (χ1v) is 4.89. The second-order valence-electron chi connectivity index (χ2n) is 2.77. The number of hydrogen-bond acceptors (Lipinski definition) is 3. The van der Waals surface area contributed by atoms with Crippen LogP contribution in [-0.2, 0) is 9.53 Å². The normalized spacial score (nSPS) is 9.80. The fourth-order valence-electron chi connectivity index (χ4n) is 1.06. The molecule has 80 valence electrons. The third kappa shape index (κ3) is 2.86. The number of Topliss-reactive ketones (excluding diaryl/α,β-unsaturated/α-hetero) is 1. The van der Waals surface area contributed by atoms with Gasteiger partial charge in [-0.15, -0.1) is 0 Å². The molecule has 0 radical (unpaired) electrons. The first-order chi connectivity index (χ1) is 7.06. The third-order valence-corrected chi connectivity index (χ3v) is 2.43. The third-order valence-electron chi connectivity index (χ3n) is 1.77. The van der Waals surface area contributed by atoms with Crippen LogP contribution < -0.4 is 0 Å². The van der Waals surface area contributed by atoms with Crippen LogP contribution in [-0.4, -0.2) is 18.9 Å². The number of ketones is 1. The fourth-order valence-corrected chi connectivity index (χ4v) is 1.62. The summed E-state index contributed by atoms with van der Waals surface area (Å²) in [5, 5.41) is 0. The predicted molar refractivity (Wildman–Crippen MR) is 55.1 cm³/mol. The lowest BCUT2D eigenvalue weighted by molar-refractivity contribution is -0.139. The van der Waals surface area contributed by atoms with Crippen LogP contribution in [0.15, 0.2) is 22.7 Å². The fraction of sp³-hybridized carbons (Fsp3) is 0.200. The molecule has 0 saturated heterocycles. The zero-order chi connectivity index (χ0) is 11.4. The first-order valence-electron chi connectivity index (χ1n) is 4.10. The molecule has 0 bridgehead atoms. The minimum absolute atomic E-state index is 0.122. The van der Waals surface area contributed by atoms with Gasteiger partial charge in [0.1, 0.15) is 12.2 Å². The molecule has 15 heavy (non-hydrogen) atoms. The summed E-state index contributed by atoms with van der Waals surface area (Å²) < 4.78 is 17.9. The van der Waals surface area contributed by atoms with E-state index in [2.05, 4.69) is 20.7 Å². The Labute approximate surface area is 94.4 Å². The zero-order valence-electron chi connectivity index (χ0n) is 7.92. The number of esters is 1. The highest BCUT2D eigenvalue weighted by Crippen LogP contribution is 2.21. The van der Waals surface area contributed by atoms with E-state index >= 15 is 0 Å². The van der Waals surface area contributed by atoms with Gasteiger partial charge in [-0.1, -0.05) is 6.07 Å². The second-order valence-corrected chi connectivity index (χ2v) is 3.63. The molecule has 0 spiro atoms. The summed E-state index contributed by atoms with van der Waals surface area (Å²) in [5.41, 5.74) is -0.122. The molecule has 0 aliphatic rings. The lowest BCUT2D eigenvalue weighted by Crippen LogP contribution is -2.11. The van der Waals surface area contributed by atoms with Gasteiger partial charge in [-0.25, -0.2) is 4.39 Å². The van der Waals surface area contributed by atoms with E-state index in [1.54, 1.807) is 0 Å². The van der Waals surface area contributed by atoms with E-state index in [9.17, 15) is 14.0 Å². The van der Waals surface area contributed by atoms with Gasteiger partial charge in [0, 0.05) is 4.47 Å². The van der Waals surface area contributed by atoms with Crippen molar-refractivity contribution >= 4 is 27.7 Å². The van der Waals surface area contributed by atoms with Gasteiger partial charge in [0.05, 0.1) is 12.7 Å². The van der Waals surface area contributed by atoms with E-state index in [0.29, 0.717) is 4.47 Å². The minimum Gasteiger partial charge on any atom is -0.469 e. The van der Waals surface area contributed by atoms with Gasteiger partial charge in [0.15, 0.2) is 5.78 Å². The molecule has 3 nitrogen and oxygen atoms in total. The van der Waals surface area contributed by atoms with E-state index in [4.69, 9.17) is 0 Å². The number of halogens is 2. The maximum Gasteiger partial charge on any atom is 0.313 e. The lowest BCUT2D eigenvalue weighted by atomic mass is 10.1. The van der Waals surface area contributed by atoms with Gasteiger partial charge >= 0.3 is 5.97 Å². The molecular formula is C10H8BrFO3. The largest absolute Gasteiger partial charge is 0.469 e. The molecule has 0 N–H and O–H groups in total. The summed E-state index contributed by atoms with van der Waals surface area (Å²) in [6.45, 7) is 0. The Kier molecular flexibility index (Phi) is 3.96. The molecule has 0 amide bonds. The van der Waals surface area contributed by atoms with Crippen molar-refractivity contribution in [1.29, 1.82) is 0 Å². The number of ether oxygens (including phenoxy) is 1. The summed E-state index contributed by atoms with van der Waals surface area (Å²) in [5.74, 6) is -1.94. The summed E-state index contributed by atoms with van der Waals surface area (Å²) in [6.07, 6.45) is -0.462. The zero-order valence-corrected chi connectivity index (χ0v) is 9.51. The van der Waals surface area contributed by atoms with Crippen molar-refractivity contribution in [3.8, 4) is 0 Å².